The van der Waals surface area contributed by atoms with E-state index < -0.39 is 5.41 Å². The second kappa shape index (κ2) is 13.3. The minimum atomic E-state index is -0.419. The highest BCUT2D eigenvalue weighted by Crippen LogP contribution is 2.63. The molecule has 7 aromatic carbocycles. The van der Waals surface area contributed by atoms with Crippen LogP contribution in [0.2, 0.25) is 0 Å². The first-order chi connectivity index (χ1) is 28.7. The molecule has 9 aromatic rings. The Morgan fingerprint density at radius 3 is 1.81 bits per heavy atom. The third kappa shape index (κ3) is 4.96. The van der Waals surface area contributed by atoms with Crippen molar-refractivity contribution in [2.75, 3.05) is 0 Å². The second-order valence-corrected chi connectivity index (χ2v) is 15.2. The van der Waals surface area contributed by atoms with Gasteiger partial charge in [0.05, 0.1) is 16.6 Å². The normalized spacial score (nSPS) is 13.5. The first-order valence-corrected chi connectivity index (χ1v) is 19.8. The second-order valence-electron chi connectivity index (χ2n) is 15.2. The molecular weight excluding hydrogens is 703 g/mol. The highest BCUT2D eigenvalue weighted by Gasteiger charge is 2.51. The largest absolute Gasteiger partial charge is 0.272 e. The van der Waals surface area contributed by atoms with Crippen molar-refractivity contribution in [2.24, 2.45) is 4.99 Å². The van der Waals surface area contributed by atoms with Crippen LogP contribution in [0.4, 0.5) is 0 Å². The van der Waals surface area contributed by atoms with Crippen LogP contribution in [-0.4, -0.2) is 16.7 Å². The Morgan fingerprint density at radius 2 is 1.12 bits per heavy atom. The van der Waals surface area contributed by atoms with Crippen LogP contribution < -0.4 is 0 Å². The Balaban J connectivity index is 1.16. The van der Waals surface area contributed by atoms with Crippen molar-refractivity contribution >= 4 is 34.0 Å². The maximum absolute atomic E-state index is 5.47. The maximum Gasteiger partial charge on any atom is 0.0788 e. The highest BCUT2D eigenvalue weighted by molar-refractivity contribution is 6.14. The summed E-state index contributed by atoms with van der Waals surface area (Å²) in [5.41, 5.74) is 19.8. The zero-order valence-electron chi connectivity index (χ0n) is 32.0. The number of fused-ring (bicyclic) bond motifs is 13. The predicted molar refractivity (Wildman–Crippen MR) is 242 cm³/mol. The molecule has 0 atom stereocenters. The minimum Gasteiger partial charge on any atom is -0.272 e. The third-order valence-electron chi connectivity index (χ3n) is 12.2. The summed E-state index contributed by atoms with van der Waals surface area (Å²) < 4.78 is 0. The van der Waals surface area contributed by atoms with E-state index in [1.807, 2.05) is 18.5 Å². The van der Waals surface area contributed by atoms with Gasteiger partial charge in [-0.05, 0) is 158 Å². The molecule has 0 N–H and O–H groups in total. The van der Waals surface area contributed by atoms with E-state index in [1.54, 1.807) is 6.20 Å². The van der Waals surface area contributed by atoms with Gasteiger partial charge in [-0.25, -0.2) is 4.98 Å². The van der Waals surface area contributed by atoms with Crippen molar-refractivity contribution in [3.05, 3.63) is 222 Å². The molecule has 0 bridgehead atoms. The smallest absolute Gasteiger partial charge is 0.0788 e. The zero-order valence-corrected chi connectivity index (χ0v) is 32.0. The monoisotopic (exact) mass is 739 g/mol. The minimum absolute atomic E-state index is 0.419. The van der Waals surface area contributed by atoms with E-state index in [2.05, 4.69) is 193 Å². The Morgan fingerprint density at radius 1 is 0.517 bits per heavy atom. The summed E-state index contributed by atoms with van der Waals surface area (Å²) in [6.45, 7) is 5.72. The van der Waals surface area contributed by atoms with Gasteiger partial charge >= 0.3 is 0 Å². The number of pyridine rings is 2. The van der Waals surface area contributed by atoms with Crippen LogP contribution in [-0.2, 0) is 5.41 Å². The fourth-order valence-electron chi connectivity index (χ4n) is 9.77. The van der Waals surface area contributed by atoms with Crippen molar-refractivity contribution in [3.63, 3.8) is 0 Å². The van der Waals surface area contributed by atoms with Crippen molar-refractivity contribution in [1.82, 2.24) is 9.97 Å². The van der Waals surface area contributed by atoms with E-state index in [0.717, 1.165) is 60.9 Å². The number of allylic oxidation sites excluding steroid dienone is 3. The third-order valence-corrected chi connectivity index (χ3v) is 12.2. The van der Waals surface area contributed by atoms with E-state index in [1.165, 1.54) is 49.9 Å². The summed E-state index contributed by atoms with van der Waals surface area (Å²) in [5, 5.41) is 3.51. The Hall–Kier alpha value is -7.49. The molecule has 3 heteroatoms. The zero-order chi connectivity index (χ0) is 38.8. The van der Waals surface area contributed by atoms with Gasteiger partial charge in [-0.1, -0.05) is 115 Å². The first kappa shape index (κ1) is 33.8. The van der Waals surface area contributed by atoms with Gasteiger partial charge in [0.15, 0.2) is 0 Å². The van der Waals surface area contributed by atoms with Crippen molar-refractivity contribution in [1.29, 1.82) is 0 Å². The number of hydrogen-bond donors (Lipinski definition) is 0. The first-order valence-electron chi connectivity index (χ1n) is 19.8. The van der Waals surface area contributed by atoms with E-state index in [4.69, 9.17) is 4.98 Å². The molecule has 1 spiro atoms. The lowest BCUT2D eigenvalue weighted by atomic mass is 9.70. The van der Waals surface area contributed by atoms with Gasteiger partial charge < -0.3 is 0 Å². The average molecular weight is 740 g/mol. The van der Waals surface area contributed by atoms with Crippen LogP contribution in [0, 0.1) is 0 Å². The molecule has 0 fully saturated rings. The molecule has 0 amide bonds. The summed E-state index contributed by atoms with van der Waals surface area (Å²) in [5.74, 6) is 0. The number of aliphatic imine (C=N–C) groups is 1. The molecule has 2 aliphatic rings. The number of hydrogen-bond acceptors (Lipinski definition) is 3. The molecule has 58 heavy (non-hydrogen) atoms. The Labute approximate surface area is 338 Å². The van der Waals surface area contributed by atoms with Gasteiger partial charge in [-0.3, -0.25) is 9.98 Å². The van der Waals surface area contributed by atoms with E-state index in [9.17, 15) is 0 Å². The van der Waals surface area contributed by atoms with Gasteiger partial charge in [-0.15, -0.1) is 0 Å². The van der Waals surface area contributed by atoms with Crippen LogP contribution in [0.1, 0.15) is 34.7 Å². The molecule has 0 unspecified atom stereocenters. The lowest BCUT2D eigenvalue weighted by Crippen LogP contribution is -2.25. The summed E-state index contributed by atoms with van der Waals surface area (Å²) in [6, 6.07) is 60.3. The molecule has 0 saturated carbocycles. The summed E-state index contributed by atoms with van der Waals surface area (Å²) in [7, 11) is 0. The van der Waals surface area contributed by atoms with E-state index in [-0.39, 0.29) is 0 Å². The number of rotatable bonds is 6. The van der Waals surface area contributed by atoms with Crippen molar-refractivity contribution in [2.45, 2.75) is 12.3 Å². The van der Waals surface area contributed by atoms with Gasteiger partial charge in [0.1, 0.15) is 0 Å². The molecule has 2 heterocycles. The highest BCUT2D eigenvalue weighted by atomic mass is 14.7. The molecular formula is C55H37N3. The van der Waals surface area contributed by atoms with Crippen LogP contribution >= 0.6 is 0 Å². The van der Waals surface area contributed by atoms with Crippen molar-refractivity contribution in [3.8, 4) is 55.8 Å². The lowest BCUT2D eigenvalue weighted by molar-refractivity contribution is 0.795. The summed E-state index contributed by atoms with van der Waals surface area (Å²) >= 11 is 0. The Bertz CT molecular complexity index is 3160. The van der Waals surface area contributed by atoms with Crippen LogP contribution in [0.5, 0.6) is 0 Å². The average Bonchev–Trinajstić information content (AvgIpc) is 3.75. The predicted octanol–water partition coefficient (Wildman–Crippen LogP) is 13.7. The summed E-state index contributed by atoms with van der Waals surface area (Å²) in [4.78, 5) is 13.7. The molecule has 3 nitrogen and oxygen atoms in total. The fraction of sp³-hybridized carbons (Fsp3) is 0.0364. The number of benzene rings is 7. The molecule has 0 radical (unpaired) electrons. The molecule has 272 valence electrons. The quantitative estimate of drug-likeness (QED) is 0.0967. The van der Waals surface area contributed by atoms with Gasteiger partial charge in [-0.2, -0.15) is 0 Å². The molecule has 0 saturated heterocycles. The van der Waals surface area contributed by atoms with Crippen LogP contribution in [0.15, 0.2) is 200 Å². The fourth-order valence-corrected chi connectivity index (χ4v) is 9.77. The SMILES string of the molecule is C=N/C=C\C(=C/C)c1cc(-c2ccncc2)cc(-c2cccc(-c3nc4ccccc4c4cc5c(cc34)-c3ccccc3C53c4ccccc4-c4ccccc43)c2)c1. The van der Waals surface area contributed by atoms with Gasteiger partial charge in [0.2, 0.25) is 0 Å². The number of para-hydroxylation sites is 1. The standard InChI is InChI=1S/C55H37N3/c1-3-35(23-26-56-2)39-30-40(36-24-27-57-28-25-36)32-41(31-39)37-13-12-14-38(29-37)54-48-33-47-44-17-6-10-21-51(44)55(52(47)34-46(48)45-18-7-11-22-53(45)58-54)49-19-8-4-15-42(49)43-16-5-9-20-50(43)55/h3-34H,2H2,1H3/b26-23-,35-3+. The van der Waals surface area contributed by atoms with E-state index >= 15 is 0 Å². The Kier molecular flexibility index (Phi) is 7.77. The topological polar surface area (TPSA) is 38.1 Å². The van der Waals surface area contributed by atoms with E-state index in [0.29, 0.717) is 0 Å². The lowest BCUT2D eigenvalue weighted by Gasteiger charge is -2.30. The summed E-state index contributed by atoms with van der Waals surface area (Å²) in [6.07, 6.45) is 9.55. The van der Waals surface area contributed by atoms with Gasteiger partial charge in [0.25, 0.3) is 0 Å². The van der Waals surface area contributed by atoms with Crippen molar-refractivity contribution < 1.29 is 0 Å². The van der Waals surface area contributed by atoms with Crippen LogP contribution in [0.3, 0.4) is 0 Å². The molecule has 2 aromatic heterocycles. The number of aromatic nitrogens is 2. The maximum atomic E-state index is 5.47. The molecule has 0 aliphatic heterocycles. The van der Waals surface area contributed by atoms with Gasteiger partial charge in [0, 0.05) is 34.9 Å². The molecule has 11 rings (SSSR count). The van der Waals surface area contributed by atoms with Crippen LogP contribution in [0.25, 0.3) is 83.0 Å². The molecule has 2 aliphatic carbocycles. The number of nitrogens with zero attached hydrogens (tertiary/aromatic N) is 3.